The molecule has 182 valence electrons. The van der Waals surface area contributed by atoms with E-state index in [1.54, 1.807) is 6.07 Å². The molecule has 0 saturated carbocycles. The van der Waals surface area contributed by atoms with Crippen LogP contribution in [-0.2, 0) is 17.8 Å². The van der Waals surface area contributed by atoms with Crippen molar-refractivity contribution in [3.8, 4) is 6.07 Å². The third-order valence-corrected chi connectivity index (χ3v) is 7.49. The van der Waals surface area contributed by atoms with Crippen LogP contribution in [0.2, 0.25) is 0 Å². The summed E-state index contributed by atoms with van der Waals surface area (Å²) < 4.78 is 0. The van der Waals surface area contributed by atoms with E-state index in [0.29, 0.717) is 30.0 Å². The van der Waals surface area contributed by atoms with Crippen molar-refractivity contribution in [1.82, 2.24) is 20.1 Å². The Kier molecular flexibility index (Phi) is 7.12. The van der Waals surface area contributed by atoms with Crippen molar-refractivity contribution in [2.45, 2.75) is 19.0 Å². The molecule has 0 aliphatic carbocycles. The molecule has 1 fully saturated rings. The van der Waals surface area contributed by atoms with Gasteiger partial charge in [-0.1, -0.05) is 36.4 Å². The minimum atomic E-state index is -0.649. The molecule has 1 unspecified atom stereocenters. The molecule has 4 aromatic rings. The van der Waals surface area contributed by atoms with Crippen LogP contribution in [0.1, 0.15) is 26.4 Å². The predicted octanol–water partition coefficient (Wildman–Crippen LogP) is 3.79. The number of rotatable bonds is 7. The number of hydrogen-bond acceptors (Lipinski definition) is 5. The fraction of sp³-hybridized carbons (Fsp3) is 0.250. The highest BCUT2D eigenvalue weighted by Crippen LogP contribution is 2.21. The van der Waals surface area contributed by atoms with Crippen LogP contribution < -0.4 is 5.32 Å². The summed E-state index contributed by atoms with van der Waals surface area (Å²) in [4.78, 5) is 34.6. The van der Waals surface area contributed by atoms with Gasteiger partial charge in [-0.3, -0.25) is 14.5 Å². The Bertz CT molecular complexity index is 1380. The molecular weight excluding hydrogens is 470 g/mol. The number of thiophene rings is 1. The van der Waals surface area contributed by atoms with Gasteiger partial charge in [-0.2, -0.15) is 5.26 Å². The van der Waals surface area contributed by atoms with Crippen LogP contribution in [0.5, 0.6) is 0 Å². The minimum Gasteiger partial charge on any atom is -0.361 e. The summed E-state index contributed by atoms with van der Waals surface area (Å²) in [5, 5.41) is 14.9. The molecule has 7 nitrogen and oxygen atoms in total. The monoisotopic (exact) mass is 497 g/mol. The topological polar surface area (TPSA) is 92.2 Å². The molecule has 1 aliphatic rings. The molecule has 1 atom stereocenters. The zero-order valence-electron chi connectivity index (χ0n) is 19.8. The first-order chi connectivity index (χ1) is 17.6. The van der Waals surface area contributed by atoms with Gasteiger partial charge in [-0.25, -0.2) is 0 Å². The molecule has 1 aliphatic heterocycles. The number of para-hydroxylation sites is 1. The first kappa shape index (κ1) is 23.8. The summed E-state index contributed by atoms with van der Waals surface area (Å²) in [6.07, 6.45) is 2.35. The van der Waals surface area contributed by atoms with Crippen molar-refractivity contribution < 1.29 is 9.59 Å². The predicted molar refractivity (Wildman–Crippen MR) is 141 cm³/mol. The van der Waals surface area contributed by atoms with E-state index in [2.05, 4.69) is 21.3 Å². The van der Waals surface area contributed by atoms with Crippen LogP contribution in [-0.4, -0.2) is 58.8 Å². The molecule has 0 spiro atoms. The Labute approximate surface area is 214 Å². The lowest BCUT2D eigenvalue weighted by Gasteiger charge is -2.36. The number of amides is 2. The smallest absolute Gasteiger partial charge is 0.262 e. The Morgan fingerprint density at radius 2 is 1.81 bits per heavy atom. The van der Waals surface area contributed by atoms with Gasteiger partial charge in [0, 0.05) is 56.2 Å². The molecule has 5 rings (SSSR count). The molecule has 0 radical (unpaired) electrons. The third-order valence-electron chi connectivity index (χ3n) is 6.62. The van der Waals surface area contributed by atoms with E-state index in [1.807, 2.05) is 71.1 Å². The van der Waals surface area contributed by atoms with Gasteiger partial charge >= 0.3 is 0 Å². The number of nitrogens with zero attached hydrogens (tertiary/aromatic N) is 3. The van der Waals surface area contributed by atoms with Crippen molar-refractivity contribution in [2.75, 3.05) is 26.2 Å². The third kappa shape index (κ3) is 5.33. The lowest BCUT2D eigenvalue weighted by molar-refractivity contribution is -0.135. The van der Waals surface area contributed by atoms with Gasteiger partial charge < -0.3 is 15.2 Å². The van der Waals surface area contributed by atoms with Crippen LogP contribution in [0.3, 0.4) is 0 Å². The number of nitrogens with one attached hydrogen (secondary N) is 2. The summed E-state index contributed by atoms with van der Waals surface area (Å²) in [6, 6.07) is 20.7. The number of H-pyrrole nitrogens is 1. The number of aromatic amines is 1. The SMILES string of the molecule is N#Cc1ccc(CN2CCN(C(=O)C(Cc3c[nH]c4ccccc34)NC(=O)c3cccs3)CC2)cc1. The van der Waals surface area contributed by atoms with Crippen molar-refractivity contribution in [1.29, 1.82) is 5.26 Å². The van der Waals surface area contributed by atoms with Gasteiger partial charge in [0.15, 0.2) is 0 Å². The summed E-state index contributed by atoms with van der Waals surface area (Å²) in [5.41, 5.74) is 3.82. The van der Waals surface area contributed by atoms with Crippen LogP contribution in [0.15, 0.2) is 72.2 Å². The molecule has 2 aromatic heterocycles. The number of carbonyl (C=O) groups excluding carboxylic acids is 2. The van der Waals surface area contributed by atoms with E-state index in [0.717, 1.165) is 41.7 Å². The number of carbonyl (C=O) groups is 2. The lowest BCUT2D eigenvalue weighted by atomic mass is 10.0. The normalized spacial score (nSPS) is 14.9. The first-order valence-electron chi connectivity index (χ1n) is 12.0. The fourth-order valence-corrected chi connectivity index (χ4v) is 5.27. The largest absolute Gasteiger partial charge is 0.361 e. The Morgan fingerprint density at radius 3 is 2.53 bits per heavy atom. The second-order valence-electron chi connectivity index (χ2n) is 8.98. The molecule has 3 heterocycles. The second kappa shape index (κ2) is 10.8. The maximum absolute atomic E-state index is 13.7. The number of aromatic nitrogens is 1. The molecule has 36 heavy (non-hydrogen) atoms. The van der Waals surface area contributed by atoms with Crippen LogP contribution in [0.25, 0.3) is 10.9 Å². The number of nitriles is 1. The average molecular weight is 498 g/mol. The first-order valence-corrected chi connectivity index (χ1v) is 12.9. The molecule has 8 heteroatoms. The summed E-state index contributed by atoms with van der Waals surface area (Å²) in [7, 11) is 0. The highest BCUT2D eigenvalue weighted by Gasteiger charge is 2.30. The van der Waals surface area contributed by atoms with Gasteiger partial charge in [-0.05, 0) is 40.8 Å². The molecule has 2 aromatic carbocycles. The zero-order valence-corrected chi connectivity index (χ0v) is 20.6. The van der Waals surface area contributed by atoms with Gasteiger partial charge in [0.05, 0.1) is 16.5 Å². The van der Waals surface area contributed by atoms with Crippen LogP contribution >= 0.6 is 11.3 Å². The van der Waals surface area contributed by atoms with E-state index in [9.17, 15) is 9.59 Å². The van der Waals surface area contributed by atoms with E-state index in [1.165, 1.54) is 11.3 Å². The fourth-order valence-electron chi connectivity index (χ4n) is 4.65. The second-order valence-corrected chi connectivity index (χ2v) is 9.92. The average Bonchev–Trinajstić information content (AvgIpc) is 3.60. The van der Waals surface area contributed by atoms with Gasteiger partial charge in [0.25, 0.3) is 5.91 Å². The quantitative estimate of drug-likeness (QED) is 0.406. The van der Waals surface area contributed by atoms with E-state index in [-0.39, 0.29) is 11.8 Å². The summed E-state index contributed by atoms with van der Waals surface area (Å²) in [5.74, 6) is -0.272. The van der Waals surface area contributed by atoms with Gasteiger partial charge in [0.2, 0.25) is 5.91 Å². The van der Waals surface area contributed by atoms with E-state index >= 15 is 0 Å². The maximum atomic E-state index is 13.7. The molecule has 0 bridgehead atoms. The number of piperazine rings is 1. The lowest BCUT2D eigenvalue weighted by Crippen LogP contribution is -2.55. The molecular formula is C28H27N5O2S. The van der Waals surface area contributed by atoms with Crippen molar-refractivity contribution in [2.24, 2.45) is 0 Å². The Hall–Kier alpha value is -3.93. The highest BCUT2D eigenvalue weighted by atomic mass is 32.1. The van der Waals surface area contributed by atoms with Crippen LogP contribution in [0, 0.1) is 11.3 Å². The number of hydrogen-bond donors (Lipinski definition) is 2. The summed E-state index contributed by atoms with van der Waals surface area (Å²) in [6.45, 7) is 3.50. The molecule has 2 N–H and O–H groups in total. The Morgan fingerprint density at radius 1 is 1.03 bits per heavy atom. The Balaban J connectivity index is 1.27. The van der Waals surface area contributed by atoms with E-state index < -0.39 is 6.04 Å². The standard InChI is InChI=1S/C28H27N5O2S/c29-17-20-7-9-21(10-8-20)19-32-11-13-33(14-12-32)28(35)25(31-27(34)26-6-3-15-36-26)16-22-18-30-24-5-2-1-4-23(22)24/h1-10,15,18,25,30H,11-14,16,19H2,(H,31,34). The van der Waals surface area contributed by atoms with Gasteiger partial charge in [-0.15, -0.1) is 11.3 Å². The summed E-state index contributed by atoms with van der Waals surface area (Å²) >= 11 is 1.37. The maximum Gasteiger partial charge on any atom is 0.262 e. The molecule has 1 saturated heterocycles. The van der Waals surface area contributed by atoms with Gasteiger partial charge in [0.1, 0.15) is 6.04 Å². The van der Waals surface area contributed by atoms with Crippen molar-refractivity contribution in [3.05, 3.63) is 93.8 Å². The van der Waals surface area contributed by atoms with Crippen LogP contribution in [0.4, 0.5) is 0 Å². The minimum absolute atomic E-state index is 0.0526. The zero-order chi connectivity index (χ0) is 24.9. The van der Waals surface area contributed by atoms with Crippen molar-refractivity contribution >= 4 is 34.1 Å². The number of fused-ring (bicyclic) bond motifs is 1. The van der Waals surface area contributed by atoms with Crippen molar-refractivity contribution in [3.63, 3.8) is 0 Å². The number of benzene rings is 2. The highest BCUT2D eigenvalue weighted by molar-refractivity contribution is 7.12. The molecule has 2 amide bonds. The van der Waals surface area contributed by atoms with E-state index in [4.69, 9.17) is 5.26 Å².